The number of thioether (sulfide) groups is 1. The Kier molecular flexibility index (Phi) is 7.02. The summed E-state index contributed by atoms with van der Waals surface area (Å²) in [6.45, 7) is 6.29. The molecule has 0 aromatic rings. The van der Waals surface area contributed by atoms with Gasteiger partial charge in [-0.25, -0.2) is 0 Å². The molecule has 0 aliphatic carbocycles. The fraction of sp³-hybridized carbons (Fsp3) is 0.909. The van der Waals surface area contributed by atoms with Crippen LogP contribution in [0.1, 0.15) is 27.2 Å². The molecule has 0 aliphatic rings. The van der Waals surface area contributed by atoms with Crippen molar-refractivity contribution in [1.82, 2.24) is 4.90 Å². The quantitative estimate of drug-likeness (QED) is 0.756. The molecule has 0 bridgehead atoms. The van der Waals surface area contributed by atoms with Crippen LogP contribution in [0.25, 0.3) is 0 Å². The van der Waals surface area contributed by atoms with Gasteiger partial charge in [-0.2, -0.15) is 11.8 Å². The minimum absolute atomic E-state index is 0.0604. The second-order valence-corrected chi connectivity index (χ2v) is 5.31. The minimum atomic E-state index is -0.344. The molecule has 90 valence electrons. The summed E-state index contributed by atoms with van der Waals surface area (Å²) in [7, 11) is 1.84. The van der Waals surface area contributed by atoms with Crippen LogP contribution in [0, 0.1) is 5.92 Å². The van der Waals surface area contributed by atoms with Crippen molar-refractivity contribution in [3.63, 3.8) is 0 Å². The lowest BCUT2D eigenvalue weighted by Crippen LogP contribution is -2.47. The Labute approximate surface area is 97.8 Å². The Morgan fingerprint density at radius 1 is 1.40 bits per heavy atom. The first-order chi connectivity index (χ1) is 6.91. The molecule has 2 N–H and O–H groups in total. The molecule has 4 heteroatoms. The zero-order valence-corrected chi connectivity index (χ0v) is 11.3. The lowest BCUT2D eigenvalue weighted by molar-refractivity contribution is -0.133. The highest BCUT2D eigenvalue weighted by atomic mass is 32.2. The van der Waals surface area contributed by atoms with Crippen molar-refractivity contribution in [2.24, 2.45) is 11.7 Å². The standard InChI is InChI=1S/C11H24N2OS/c1-8(2)9(3)13(4)11(14)10(12)6-7-15-5/h8-10H,6-7,12H2,1-5H3/t9?,10-/m1/s1. The predicted molar refractivity (Wildman–Crippen MR) is 68.0 cm³/mol. The highest BCUT2D eigenvalue weighted by Crippen LogP contribution is 2.10. The predicted octanol–water partition coefficient (Wildman–Crippen LogP) is 1.57. The Bertz CT molecular complexity index is 197. The summed E-state index contributed by atoms with van der Waals surface area (Å²) in [5.74, 6) is 1.47. The second kappa shape index (κ2) is 7.12. The van der Waals surface area contributed by atoms with Gasteiger partial charge in [-0.1, -0.05) is 13.8 Å². The molecule has 2 atom stereocenters. The molecule has 0 radical (unpaired) electrons. The van der Waals surface area contributed by atoms with Crippen LogP contribution in [0.2, 0.25) is 0 Å². The number of nitrogens with zero attached hydrogens (tertiary/aromatic N) is 1. The number of carbonyl (C=O) groups excluding carboxylic acids is 1. The first kappa shape index (κ1) is 14.8. The van der Waals surface area contributed by atoms with Crippen molar-refractivity contribution in [3.05, 3.63) is 0 Å². The van der Waals surface area contributed by atoms with E-state index in [9.17, 15) is 4.79 Å². The van der Waals surface area contributed by atoms with Crippen LogP contribution in [0.4, 0.5) is 0 Å². The summed E-state index contributed by atoms with van der Waals surface area (Å²) in [5, 5.41) is 0. The van der Waals surface area contributed by atoms with E-state index in [1.807, 2.05) is 13.3 Å². The van der Waals surface area contributed by atoms with E-state index in [0.717, 1.165) is 12.2 Å². The zero-order valence-electron chi connectivity index (χ0n) is 10.5. The molecule has 0 spiro atoms. The fourth-order valence-corrected chi connectivity index (χ4v) is 1.77. The number of carbonyl (C=O) groups is 1. The monoisotopic (exact) mass is 232 g/mol. The second-order valence-electron chi connectivity index (χ2n) is 4.32. The molecule has 0 aromatic carbocycles. The lowest BCUT2D eigenvalue weighted by Gasteiger charge is -2.30. The number of likely N-dealkylation sites (N-methyl/N-ethyl adjacent to an activating group) is 1. The van der Waals surface area contributed by atoms with Gasteiger partial charge in [0.25, 0.3) is 0 Å². The number of rotatable bonds is 6. The highest BCUT2D eigenvalue weighted by molar-refractivity contribution is 7.98. The van der Waals surface area contributed by atoms with Crippen LogP contribution in [0.5, 0.6) is 0 Å². The number of hydrogen-bond acceptors (Lipinski definition) is 3. The number of nitrogens with two attached hydrogens (primary N) is 1. The average molecular weight is 232 g/mol. The molecule has 0 saturated heterocycles. The van der Waals surface area contributed by atoms with Crippen molar-refractivity contribution >= 4 is 17.7 Å². The Morgan fingerprint density at radius 2 is 1.93 bits per heavy atom. The Morgan fingerprint density at radius 3 is 2.33 bits per heavy atom. The van der Waals surface area contributed by atoms with E-state index in [4.69, 9.17) is 5.73 Å². The molecule has 0 heterocycles. The Hall–Kier alpha value is -0.220. The van der Waals surface area contributed by atoms with E-state index in [-0.39, 0.29) is 18.0 Å². The first-order valence-corrected chi connectivity index (χ1v) is 6.82. The van der Waals surface area contributed by atoms with Gasteiger partial charge in [0.2, 0.25) is 5.91 Å². The molecule has 1 unspecified atom stereocenters. The summed E-state index contributed by atoms with van der Waals surface area (Å²) in [6, 6.07) is -0.0959. The summed E-state index contributed by atoms with van der Waals surface area (Å²) >= 11 is 1.72. The van der Waals surface area contributed by atoms with Gasteiger partial charge in [0, 0.05) is 13.1 Å². The maximum Gasteiger partial charge on any atom is 0.239 e. The van der Waals surface area contributed by atoms with Gasteiger partial charge >= 0.3 is 0 Å². The summed E-state index contributed by atoms with van der Waals surface area (Å²) < 4.78 is 0. The van der Waals surface area contributed by atoms with Crippen molar-refractivity contribution < 1.29 is 4.79 Å². The molecular weight excluding hydrogens is 208 g/mol. The van der Waals surface area contributed by atoms with Crippen molar-refractivity contribution in [2.45, 2.75) is 39.3 Å². The smallest absolute Gasteiger partial charge is 0.239 e. The van der Waals surface area contributed by atoms with E-state index < -0.39 is 0 Å². The van der Waals surface area contributed by atoms with E-state index >= 15 is 0 Å². The third-order valence-electron chi connectivity index (χ3n) is 2.87. The normalized spacial score (nSPS) is 15.1. The van der Waals surface area contributed by atoms with Gasteiger partial charge in [0.15, 0.2) is 0 Å². The van der Waals surface area contributed by atoms with Crippen LogP contribution in [0.15, 0.2) is 0 Å². The van der Waals surface area contributed by atoms with E-state index in [2.05, 4.69) is 20.8 Å². The largest absolute Gasteiger partial charge is 0.341 e. The summed E-state index contributed by atoms with van der Waals surface area (Å²) in [6.07, 6.45) is 2.78. The van der Waals surface area contributed by atoms with Crippen LogP contribution in [-0.2, 0) is 4.79 Å². The molecule has 0 rings (SSSR count). The van der Waals surface area contributed by atoms with E-state index in [0.29, 0.717) is 5.92 Å². The average Bonchev–Trinajstić information content (AvgIpc) is 2.22. The molecule has 0 saturated carbocycles. The number of amides is 1. The molecule has 0 aromatic heterocycles. The maximum absolute atomic E-state index is 11.9. The summed E-state index contributed by atoms with van der Waals surface area (Å²) in [5.41, 5.74) is 5.84. The van der Waals surface area contributed by atoms with Crippen LogP contribution in [0.3, 0.4) is 0 Å². The van der Waals surface area contributed by atoms with Gasteiger partial charge in [0.1, 0.15) is 0 Å². The number of hydrogen-bond donors (Lipinski definition) is 1. The van der Waals surface area contributed by atoms with Gasteiger partial charge in [-0.3, -0.25) is 4.79 Å². The van der Waals surface area contributed by atoms with Gasteiger partial charge in [-0.15, -0.1) is 0 Å². The van der Waals surface area contributed by atoms with E-state index in [1.54, 1.807) is 16.7 Å². The minimum Gasteiger partial charge on any atom is -0.341 e. The van der Waals surface area contributed by atoms with Crippen molar-refractivity contribution in [2.75, 3.05) is 19.1 Å². The Balaban J connectivity index is 4.18. The maximum atomic E-state index is 11.9. The fourth-order valence-electron chi connectivity index (χ4n) is 1.28. The van der Waals surface area contributed by atoms with Crippen LogP contribution >= 0.6 is 11.8 Å². The molecule has 15 heavy (non-hydrogen) atoms. The van der Waals surface area contributed by atoms with Gasteiger partial charge < -0.3 is 10.6 Å². The molecule has 0 fully saturated rings. The molecule has 3 nitrogen and oxygen atoms in total. The third kappa shape index (κ3) is 4.89. The highest BCUT2D eigenvalue weighted by Gasteiger charge is 2.23. The molecule has 1 amide bonds. The van der Waals surface area contributed by atoms with Crippen LogP contribution in [-0.4, -0.2) is 41.9 Å². The van der Waals surface area contributed by atoms with Gasteiger partial charge in [0.05, 0.1) is 6.04 Å². The first-order valence-electron chi connectivity index (χ1n) is 5.43. The molecular formula is C11H24N2OS. The topological polar surface area (TPSA) is 46.3 Å². The third-order valence-corrected chi connectivity index (χ3v) is 3.52. The lowest BCUT2D eigenvalue weighted by atomic mass is 10.0. The molecule has 0 aliphatic heterocycles. The van der Waals surface area contributed by atoms with Crippen LogP contribution < -0.4 is 5.73 Å². The van der Waals surface area contributed by atoms with E-state index in [1.165, 1.54) is 0 Å². The zero-order chi connectivity index (χ0) is 12.0. The SMILES string of the molecule is CSCC[C@@H](N)C(=O)N(C)C(C)C(C)C. The van der Waals surface area contributed by atoms with Crippen molar-refractivity contribution in [1.29, 1.82) is 0 Å². The van der Waals surface area contributed by atoms with Crippen molar-refractivity contribution in [3.8, 4) is 0 Å². The summed E-state index contributed by atoms with van der Waals surface area (Å²) in [4.78, 5) is 13.7. The van der Waals surface area contributed by atoms with Gasteiger partial charge in [-0.05, 0) is 31.3 Å².